The number of aliphatic carboxylic acids is 1. The molecule has 3 N–H and O–H groups in total. The van der Waals surface area contributed by atoms with Gasteiger partial charge < -0.3 is 24.8 Å². The Labute approximate surface area is 303 Å². The minimum atomic E-state index is -0.882. The summed E-state index contributed by atoms with van der Waals surface area (Å²) < 4.78 is 11.1. The van der Waals surface area contributed by atoms with Crippen molar-refractivity contribution >= 4 is 11.9 Å². The number of aliphatic hydroxyl groups excluding tert-OH is 2. The van der Waals surface area contributed by atoms with E-state index in [-0.39, 0.29) is 32.2 Å². The Hall–Kier alpha value is -1.18. The van der Waals surface area contributed by atoms with Crippen LogP contribution < -0.4 is 0 Å². The van der Waals surface area contributed by atoms with Gasteiger partial charge in [-0.3, -0.25) is 9.59 Å². The molecule has 0 aliphatic rings. The Morgan fingerprint density at radius 2 is 0.837 bits per heavy atom. The third-order valence-electron chi connectivity index (χ3n) is 10.0. The van der Waals surface area contributed by atoms with E-state index in [2.05, 4.69) is 13.8 Å². The van der Waals surface area contributed by atoms with E-state index in [9.17, 15) is 24.9 Å². The number of hydrogen-bond acceptors (Lipinski definition) is 6. The number of hydrogen-bond donors (Lipinski definition) is 3. The summed E-state index contributed by atoms with van der Waals surface area (Å²) in [6.45, 7) is 3.72. The van der Waals surface area contributed by atoms with E-state index >= 15 is 0 Å². The third kappa shape index (κ3) is 33.7. The number of carbonyl (C=O) groups excluding carboxylic acids is 1. The van der Waals surface area contributed by atoms with E-state index < -0.39 is 24.1 Å². The van der Waals surface area contributed by atoms with Crippen molar-refractivity contribution in [3.05, 3.63) is 0 Å². The van der Waals surface area contributed by atoms with Crippen LogP contribution in [0.1, 0.15) is 219 Å². The van der Waals surface area contributed by atoms with Crippen LogP contribution in [-0.2, 0) is 19.1 Å². The van der Waals surface area contributed by atoms with Crippen molar-refractivity contribution in [3.63, 3.8) is 0 Å². The van der Waals surface area contributed by atoms with Gasteiger partial charge >= 0.3 is 11.9 Å². The molecule has 3 atom stereocenters. The summed E-state index contributed by atoms with van der Waals surface area (Å²) in [7, 11) is 0. The normalized spacial score (nSPS) is 13.4. The quantitative estimate of drug-likeness (QED) is 0.0431. The smallest absolute Gasteiger partial charge is 0.306 e. The predicted molar refractivity (Wildman–Crippen MR) is 204 cm³/mol. The van der Waals surface area contributed by atoms with E-state index in [1.807, 2.05) is 0 Å². The summed E-state index contributed by atoms with van der Waals surface area (Å²) >= 11 is 0. The van der Waals surface area contributed by atoms with Crippen LogP contribution in [0.4, 0.5) is 0 Å². The molecule has 0 saturated heterocycles. The fraction of sp³-hybridized carbons (Fsp3) is 0.952. The monoisotopic (exact) mass is 699 g/mol. The van der Waals surface area contributed by atoms with Gasteiger partial charge in [0.15, 0.2) is 0 Å². The highest BCUT2D eigenvalue weighted by Crippen LogP contribution is 2.21. The van der Waals surface area contributed by atoms with E-state index in [1.165, 1.54) is 148 Å². The van der Waals surface area contributed by atoms with E-state index in [4.69, 9.17) is 9.47 Å². The molecule has 0 aromatic rings. The molecule has 0 spiro atoms. The van der Waals surface area contributed by atoms with Gasteiger partial charge in [-0.05, 0) is 19.3 Å². The largest absolute Gasteiger partial charge is 0.481 e. The van der Waals surface area contributed by atoms with E-state index in [0.717, 1.165) is 38.5 Å². The van der Waals surface area contributed by atoms with Crippen LogP contribution in [0.5, 0.6) is 0 Å². The SMILES string of the molecule is CCCCCCCCCCCCCCCCCC(=O)OCC(CO)OC(CO)CC(CCCCCCCCCCCCCCCC)C(=O)O. The molecule has 0 aromatic heterocycles. The van der Waals surface area contributed by atoms with Crippen LogP contribution in [0, 0.1) is 5.92 Å². The van der Waals surface area contributed by atoms with Crippen LogP contribution in [0.25, 0.3) is 0 Å². The lowest BCUT2D eigenvalue weighted by atomic mass is 9.94. The predicted octanol–water partition coefficient (Wildman–Crippen LogP) is 11.5. The molecule has 3 unspecified atom stereocenters. The molecular formula is C42H82O7. The van der Waals surface area contributed by atoms with Crippen molar-refractivity contribution in [2.75, 3.05) is 19.8 Å². The van der Waals surface area contributed by atoms with Crippen LogP contribution >= 0.6 is 0 Å². The number of aliphatic hydroxyl groups is 2. The molecular weight excluding hydrogens is 616 g/mol. The highest BCUT2D eigenvalue weighted by molar-refractivity contribution is 5.70. The molecule has 292 valence electrons. The zero-order valence-corrected chi connectivity index (χ0v) is 32.5. The summed E-state index contributed by atoms with van der Waals surface area (Å²) in [5, 5.41) is 29.4. The second-order valence-electron chi connectivity index (χ2n) is 14.8. The Kier molecular flexibility index (Phi) is 37.1. The van der Waals surface area contributed by atoms with Crippen molar-refractivity contribution in [2.24, 2.45) is 5.92 Å². The van der Waals surface area contributed by atoms with Crippen molar-refractivity contribution in [2.45, 2.75) is 232 Å². The first kappa shape index (κ1) is 47.8. The zero-order valence-electron chi connectivity index (χ0n) is 32.5. The average Bonchev–Trinajstić information content (AvgIpc) is 3.10. The molecule has 0 fully saturated rings. The van der Waals surface area contributed by atoms with Gasteiger partial charge in [-0.1, -0.05) is 194 Å². The molecule has 7 heteroatoms. The maximum absolute atomic E-state index is 12.2. The molecule has 0 amide bonds. The lowest BCUT2D eigenvalue weighted by molar-refractivity contribution is -0.154. The number of carboxylic acids is 1. The number of esters is 1. The van der Waals surface area contributed by atoms with E-state index in [1.54, 1.807) is 0 Å². The first-order valence-corrected chi connectivity index (χ1v) is 21.2. The average molecular weight is 699 g/mol. The molecule has 49 heavy (non-hydrogen) atoms. The summed E-state index contributed by atoms with van der Waals surface area (Å²) in [5.74, 6) is -1.80. The molecule has 0 rings (SSSR count). The number of carboxylic acid groups (broad SMARTS) is 1. The molecule has 7 nitrogen and oxygen atoms in total. The molecule has 0 aliphatic heterocycles. The maximum Gasteiger partial charge on any atom is 0.306 e. The van der Waals surface area contributed by atoms with Crippen LogP contribution in [-0.4, -0.2) is 59.3 Å². The topological polar surface area (TPSA) is 113 Å². The number of rotatable bonds is 40. The minimum absolute atomic E-state index is 0.0960. The van der Waals surface area contributed by atoms with Crippen molar-refractivity contribution in [3.8, 4) is 0 Å². The number of carbonyl (C=O) groups is 2. The van der Waals surface area contributed by atoms with Gasteiger partial charge in [0, 0.05) is 6.42 Å². The lowest BCUT2D eigenvalue weighted by Gasteiger charge is -2.24. The summed E-state index contributed by atoms with van der Waals surface area (Å²) in [6.07, 6.45) is 36.2. The van der Waals surface area contributed by atoms with Crippen LogP contribution in [0.15, 0.2) is 0 Å². The van der Waals surface area contributed by atoms with Gasteiger partial charge in [0.1, 0.15) is 12.7 Å². The number of ether oxygens (including phenoxy) is 2. The fourth-order valence-corrected chi connectivity index (χ4v) is 6.72. The first-order chi connectivity index (χ1) is 24.0. The van der Waals surface area contributed by atoms with Gasteiger partial charge in [0.2, 0.25) is 0 Å². The van der Waals surface area contributed by atoms with Gasteiger partial charge in [-0.25, -0.2) is 0 Å². The van der Waals surface area contributed by atoms with Gasteiger partial charge in [0.05, 0.1) is 25.2 Å². The van der Waals surface area contributed by atoms with Gasteiger partial charge in [-0.15, -0.1) is 0 Å². The molecule has 0 aliphatic carbocycles. The molecule has 0 radical (unpaired) electrons. The Morgan fingerprint density at radius 3 is 1.18 bits per heavy atom. The highest BCUT2D eigenvalue weighted by atomic mass is 16.6. The number of unbranched alkanes of at least 4 members (excludes halogenated alkanes) is 27. The molecule has 0 heterocycles. The Morgan fingerprint density at radius 1 is 0.490 bits per heavy atom. The molecule has 0 saturated carbocycles. The summed E-state index contributed by atoms with van der Waals surface area (Å²) in [5.41, 5.74) is 0. The van der Waals surface area contributed by atoms with Crippen molar-refractivity contribution in [1.82, 2.24) is 0 Å². The van der Waals surface area contributed by atoms with Crippen LogP contribution in [0.3, 0.4) is 0 Å². The lowest BCUT2D eigenvalue weighted by Crippen LogP contribution is -2.34. The first-order valence-electron chi connectivity index (χ1n) is 21.2. The fourth-order valence-electron chi connectivity index (χ4n) is 6.72. The molecule has 0 bridgehead atoms. The van der Waals surface area contributed by atoms with Crippen molar-refractivity contribution in [1.29, 1.82) is 0 Å². The Bertz CT molecular complexity index is 701. The Balaban J connectivity index is 3.93. The second-order valence-corrected chi connectivity index (χ2v) is 14.8. The molecule has 0 aromatic carbocycles. The maximum atomic E-state index is 12.2. The van der Waals surface area contributed by atoms with E-state index in [0.29, 0.717) is 12.8 Å². The summed E-state index contributed by atoms with van der Waals surface area (Å²) in [6, 6.07) is 0. The second kappa shape index (κ2) is 38.1. The standard InChI is InChI=1S/C42H82O7/c1-3-5-7-9-11-13-15-17-19-21-23-25-27-29-31-33-41(45)48-37-40(36-44)49-39(35-43)34-38(42(46)47)32-30-28-26-24-22-20-18-16-14-12-10-8-6-4-2/h38-40,43-44H,3-37H2,1-2H3,(H,46,47). The van der Waals surface area contributed by atoms with Gasteiger partial charge in [0.25, 0.3) is 0 Å². The van der Waals surface area contributed by atoms with Crippen LogP contribution in [0.2, 0.25) is 0 Å². The van der Waals surface area contributed by atoms with Gasteiger partial charge in [-0.2, -0.15) is 0 Å². The third-order valence-corrected chi connectivity index (χ3v) is 10.0. The zero-order chi connectivity index (χ0) is 36.0. The highest BCUT2D eigenvalue weighted by Gasteiger charge is 2.25. The minimum Gasteiger partial charge on any atom is -0.481 e. The van der Waals surface area contributed by atoms with Crippen molar-refractivity contribution < 1.29 is 34.4 Å². The summed E-state index contributed by atoms with van der Waals surface area (Å²) in [4.78, 5) is 24.2.